The summed E-state index contributed by atoms with van der Waals surface area (Å²) >= 11 is 0. The number of aromatic nitrogens is 1. The summed E-state index contributed by atoms with van der Waals surface area (Å²) in [7, 11) is 1.56. The van der Waals surface area contributed by atoms with Crippen molar-refractivity contribution in [3.63, 3.8) is 0 Å². The van der Waals surface area contributed by atoms with Crippen molar-refractivity contribution in [2.75, 3.05) is 25.5 Å². The van der Waals surface area contributed by atoms with Crippen molar-refractivity contribution in [1.29, 1.82) is 0 Å². The molecule has 1 atom stereocenters. The summed E-state index contributed by atoms with van der Waals surface area (Å²) in [5, 5.41) is 5.31. The summed E-state index contributed by atoms with van der Waals surface area (Å²) in [4.78, 5) is 15.7. The zero-order chi connectivity index (χ0) is 13.7. The van der Waals surface area contributed by atoms with Crippen LogP contribution in [-0.2, 0) is 4.74 Å². The molecule has 1 aliphatic heterocycles. The Labute approximate surface area is 111 Å². The van der Waals surface area contributed by atoms with E-state index in [9.17, 15) is 9.18 Å². The minimum atomic E-state index is -0.632. The number of carbonyl (C=O) groups is 1. The maximum atomic E-state index is 13.9. The Morgan fingerprint density at radius 1 is 1.58 bits per heavy atom. The summed E-state index contributed by atoms with van der Waals surface area (Å²) < 4.78 is 19.4. The molecule has 1 aromatic heterocycles. The third-order valence-electron chi connectivity index (χ3n) is 3.13. The van der Waals surface area contributed by atoms with Crippen molar-refractivity contribution in [3.8, 4) is 0 Å². The molecule has 0 bridgehead atoms. The number of anilines is 1. The molecular formula is C13H18FN3O2. The number of hydrogen-bond donors (Lipinski definition) is 2. The molecule has 19 heavy (non-hydrogen) atoms. The monoisotopic (exact) mass is 267 g/mol. The van der Waals surface area contributed by atoms with Crippen LogP contribution in [0.1, 0.15) is 29.6 Å². The van der Waals surface area contributed by atoms with Crippen LogP contribution < -0.4 is 10.6 Å². The third kappa shape index (κ3) is 3.41. The van der Waals surface area contributed by atoms with Gasteiger partial charge < -0.3 is 15.4 Å². The molecule has 0 aromatic carbocycles. The first kappa shape index (κ1) is 13.7. The van der Waals surface area contributed by atoms with E-state index >= 15 is 0 Å². The second-order valence-corrected chi connectivity index (χ2v) is 4.47. The zero-order valence-corrected chi connectivity index (χ0v) is 10.9. The van der Waals surface area contributed by atoms with Gasteiger partial charge in [-0.25, -0.2) is 9.37 Å². The van der Waals surface area contributed by atoms with Gasteiger partial charge in [-0.3, -0.25) is 4.79 Å². The van der Waals surface area contributed by atoms with E-state index in [0.29, 0.717) is 6.54 Å². The van der Waals surface area contributed by atoms with Crippen LogP contribution in [-0.4, -0.2) is 37.2 Å². The molecular weight excluding hydrogens is 249 g/mol. The van der Waals surface area contributed by atoms with E-state index in [4.69, 9.17) is 4.74 Å². The van der Waals surface area contributed by atoms with E-state index in [1.165, 1.54) is 12.3 Å². The van der Waals surface area contributed by atoms with Crippen LogP contribution in [0.4, 0.5) is 10.2 Å². The number of nitrogens with zero attached hydrogens (tertiary/aromatic N) is 1. The van der Waals surface area contributed by atoms with Gasteiger partial charge in [0.2, 0.25) is 0 Å². The summed E-state index contributed by atoms with van der Waals surface area (Å²) in [6.07, 6.45) is 4.54. The largest absolute Gasteiger partial charge is 0.376 e. The number of hydrogen-bond acceptors (Lipinski definition) is 4. The van der Waals surface area contributed by atoms with E-state index in [1.54, 1.807) is 7.05 Å². The molecule has 1 amide bonds. The van der Waals surface area contributed by atoms with Crippen LogP contribution in [0.5, 0.6) is 0 Å². The summed E-state index contributed by atoms with van der Waals surface area (Å²) in [6, 6.07) is 1.37. The second kappa shape index (κ2) is 6.47. The Kier molecular flexibility index (Phi) is 4.68. The first-order valence-corrected chi connectivity index (χ1v) is 6.44. The Bertz CT molecular complexity index is 448. The number of carbonyl (C=O) groups excluding carboxylic acids is 1. The van der Waals surface area contributed by atoms with Gasteiger partial charge >= 0.3 is 0 Å². The van der Waals surface area contributed by atoms with E-state index < -0.39 is 11.7 Å². The quantitative estimate of drug-likeness (QED) is 0.869. The van der Waals surface area contributed by atoms with Crippen LogP contribution in [0.15, 0.2) is 12.3 Å². The summed E-state index contributed by atoms with van der Waals surface area (Å²) in [5.74, 6) is -1.00. The van der Waals surface area contributed by atoms with Gasteiger partial charge in [-0.1, -0.05) is 0 Å². The maximum absolute atomic E-state index is 13.9. The fraction of sp³-hybridized carbons (Fsp3) is 0.538. The van der Waals surface area contributed by atoms with Gasteiger partial charge in [-0.05, 0) is 25.3 Å². The smallest absolute Gasteiger partial charge is 0.254 e. The molecule has 0 saturated carbocycles. The maximum Gasteiger partial charge on any atom is 0.254 e. The molecule has 6 heteroatoms. The fourth-order valence-electron chi connectivity index (χ4n) is 2.06. The number of pyridine rings is 1. The Hall–Kier alpha value is -1.69. The molecule has 5 nitrogen and oxygen atoms in total. The molecule has 2 heterocycles. The minimum Gasteiger partial charge on any atom is -0.376 e. The van der Waals surface area contributed by atoms with E-state index in [1.807, 2.05) is 0 Å². The molecule has 1 unspecified atom stereocenters. The van der Waals surface area contributed by atoms with Crippen molar-refractivity contribution in [3.05, 3.63) is 23.6 Å². The van der Waals surface area contributed by atoms with Crippen molar-refractivity contribution in [1.82, 2.24) is 10.3 Å². The van der Waals surface area contributed by atoms with Crippen molar-refractivity contribution in [2.24, 2.45) is 0 Å². The van der Waals surface area contributed by atoms with Gasteiger partial charge in [-0.2, -0.15) is 0 Å². The lowest BCUT2D eigenvalue weighted by molar-refractivity contribution is 0.0168. The molecule has 1 saturated heterocycles. The van der Waals surface area contributed by atoms with Crippen molar-refractivity contribution >= 4 is 11.7 Å². The van der Waals surface area contributed by atoms with Crippen LogP contribution in [0.2, 0.25) is 0 Å². The predicted octanol–water partition coefficient (Wildman–Crippen LogP) is 1.56. The lowest BCUT2D eigenvalue weighted by atomic mass is 10.1. The highest BCUT2D eigenvalue weighted by molar-refractivity contribution is 5.95. The molecule has 0 aliphatic carbocycles. The highest BCUT2D eigenvalue weighted by Crippen LogP contribution is 2.15. The normalized spacial score (nSPS) is 18.9. The average molecular weight is 267 g/mol. The Morgan fingerprint density at radius 2 is 2.42 bits per heavy atom. The van der Waals surface area contributed by atoms with Crippen LogP contribution in [0, 0.1) is 5.82 Å². The van der Waals surface area contributed by atoms with Crippen LogP contribution in [0.3, 0.4) is 0 Å². The molecule has 0 radical (unpaired) electrons. The average Bonchev–Trinajstić information content (AvgIpc) is 2.46. The summed E-state index contributed by atoms with van der Waals surface area (Å²) in [5.41, 5.74) is -0.00448. The highest BCUT2D eigenvalue weighted by Gasteiger charge is 2.18. The second-order valence-electron chi connectivity index (χ2n) is 4.47. The third-order valence-corrected chi connectivity index (χ3v) is 3.13. The first-order chi connectivity index (χ1) is 9.22. The topological polar surface area (TPSA) is 63.2 Å². The molecule has 104 valence electrons. The SMILES string of the molecule is CNc1nccc(C(=O)NCC2CCCCO2)c1F. The van der Waals surface area contributed by atoms with Gasteiger partial charge in [0, 0.05) is 26.4 Å². The fourth-order valence-corrected chi connectivity index (χ4v) is 2.06. The molecule has 1 fully saturated rings. The van der Waals surface area contributed by atoms with E-state index in [2.05, 4.69) is 15.6 Å². The predicted molar refractivity (Wildman–Crippen MR) is 69.7 cm³/mol. The molecule has 2 N–H and O–H groups in total. The van der Waals surface area contributed by atoms with Gasteiger partial charge in [-0.15, -0.1) is 0 Å². The lowest BCUT2D eigenvalue weighted by Gasteiger charge is -2.22. The van der Waals surface area contributed by atoms with E-state index in [-0.39, 0.29) is 17.5 Å². The number of halogens is 1. The lowest BCUT2D eigenvalue weighted by Crippen LogP contribution is -2.35. The standard InChI is InChI=1S/C13H18FN3O2/c1-15-12-11(14)10(5-6-16-12)13(18)17-8-9-4-2-3-7-19-9/h5-6,9H,2-4,7-8H2,1H3,(H,15,16)(H,17,18). The highest BCUT2D eigenvalue weighted by atomic mass is 19.1. The summed E-state index contributed by atoms with van der Waals surface area (Å²) in [6.45, 7) is 1.14. The zero-order valence-electron chi connectivity index (χ0n) is 10.9. The molecule has 1 aromatic rings. The first-order valence-electron chi connectivity index (χ1n) is 6.44. The Morgan fingerprint density at radius 3 is 3.11 bits per heavy atom. The number of ether oxygens (including phenoxy) is 1. The van der Waals surface area contributed by atoms with Crippen LogP contribution in [0.25, 0.3) is 0 Å². The van der Waals surface area contributed by atoms with Crippen molar-refractivity contribution < 1.29 is 13.9 Å². The van der Waals surface area contributed by atoms with Gasteiger partial charge in [0.15, 0.2) is 11.6 Å². The van der Waals surface area contributed by atoms with Gasteiger partial charge in [0.05, 0.1) is 11.7 Å². The van der Waals surface area contributed by atoms with Crippen LogP contribution >= 0.6 is 0 Å². The molecule has 1 aliphatic rings. The van der Waals surface area contributed by atoms with Gasteiger partial charge in [0.1, 0.15) is 0 Å². The number of nitrogens with one attached hydrogen (secondary N) is 2. The molecule has 0 spiro atoms. The van der Waals surface area contributed by atoms with Gasteiger partial charge in [0.25, 0.3) is 5.91 Å². The number of amides is 1. The molecule has 2 rings (SSSR count). The minimum absolute atomic E-state index is 0.00448. The Balaban J connectivity index is 1.95. The van der Waals surface area contributed by atoms with E-state index in [0.717, 1.165) is 25.9 Å². The van der Waals surface area contributed by atoms with Crippen molar-refractivity contribution in [2.45, 2.75) is 25.4 Å². The number of rotatable bonds is 4.